The summed E-state index contributed by atoms with van der Waals surface area (Å²) in [7, 11) is 1.15. The van der Waals surface area contributed by atoms with Gasteiger partial charge in [0.15, 0.2) is 5.69 Å². The van der Waals surface area contributed by atoms with Crippen molar-refractivity contribution in [2.45, 2.75) is 13.1 Å². The summed E-state index contributed by atoms with van der Waals surface area (Å²) in [5.74, 6) is -1.57. The van der Waals surface area contributed by atoms with Gasteiger partial charge in [-0.15, -0.1) is 0 Å². The molecular formula is C9H10F3N3O2. The Hall–Kier alpha value is -1.86. The van der Waals surface area contributed by atoms with Crippen molar-refractivity contribution < 1.29 is 23.1 Å². The van der Waals surface area contributed by atoms with Crippen LogP contribution in [0.15, 0.2) is 6.07 Å². The molecule has 1 aromatic rings. The Labute approximate surface area is 94.9 Å². The lowest BCUT2D eigenvalue weighted by atomic mass is 10.3. The minimum atomic E-state index is -4.40. The summed E-state index contributed by atoms with van der Waals surface area (Å²) >= 11 is 0. The Morgan fingerprint density at radius 1 is 1.47 bits per heavy atom. The maximum atomic E-state index is 12.1. The van der Waals surface area contributed by atoms with E-state index in [0.717, 1.165) is 11.9 Å². The number of hydrogen-bond donors (Lipinski definition) is 1. The number of anilines is 1. The molecule has 0 saturated heterocycles. The largest absolute Gasteiger partial charge is 0.477 e. The van der Waals surface area contributed by atoms with Gasteiger partial charge in [0.05, 0.1) is 0 Å². The van der Waals surface area contributed by atoms with Crippen molar-refractivity contribution in [3.8, 4) is 0 Å². The number of aryl methyl sites for hydroxylation is 1. The quantitative estimate of drug-likeness (QED) is 0.878. The van der Waals surface area contributed by atoms with Gasteiger partial charge < -0.3 is 10.0 Å². The van der Waals surface area contributed by atoms with Gasteiger partial charge in [0.2, 0.25) is 5.95 Å². The van der Waals surface area contributed by atoms with Gasteiger partial charge in [0.1, 0.15) is 6.54 Å². The third kappa shape index (κ3) is 3.89. The molecule has 0 fully saturated rings. The number of carboxylic acids is 1. The van der Waals surface area contributed by atoms with Gasteiger partial charge in [-0.3, -0.25) is 0 Å². The molecule has 94 valence electrons. The molecule has 1 heterocycles. The fourth-order valence-corrected chi connectivity index (χ4v) is 1.17. The van der Waals surface area contributed by atoms with Crippen LogP contribution in [-0.4, -0.2) is 40.8 Å². The first-order chi connectivity index (χ1) is 7.69. The van der Waals surface area contributed by atoms with E-state index in [4.69, 9.17) is 5.11 Å². The predicted octanol–water partition coefficient (Wildman–Crippen LogP) is 1.48. The molecule has 17 heavy (non-hydrogen) atoms. The highest BCUT2D eigenvalue weighted by atomic mass is 19.4. The molecule has 0 aliphatic heterocycles. The van der Waals surface area contributed by atoms with Crippen LogP contribution in [0.2, 0.25) is 0 Å². The summed E-state index contributed by atoms with van der Waals surface area (Å²) in [6, 6.07) is 1.19. The zero-order valence-electron chi connectivity index (χ0n) is 9.12. The maximum absolute atomic E-state index is 12.1. The summed E-state index contributed by atoms with van der Waals surface area (Å²) in [4.78, 5) is 18.7. The van der Waals surface area contributed by atoms with Crippen molar-refractivity contribution >= 4 is 11.9 Å². The summed E-state index contributed by atoms with van der Waals surface area (Å²) < 4.78 is 36.4. The van der Waals surface area contributed by atoms with Crippen molar-refractivity contribution in [3.63, 3.8) is 0 Å². The molecular weight excluding hydrogens is 239 g/mol. The average Bonchev–Trinajstić information content (AvgIpc) is 2.13. The van der Waals surface area contributed by atoms with Crippen LogP contribution in [0.25, 0.3) is 0 Å². The molecule has 0 spiro atoms. The third-order valence-corrected chi connectivity index (χ3v) is 1.82. The Kier molecular flexibility index (Phi) is 3.54. The highest BCUT2D eigenvalue weighted by Crippen LogP contribution is 2.18. The van der Waals surface area contributed by atoms with E-state index in [1.807, 2.05) is 0 Å². The maximum Gasteiger partial charge on any atom is 0.406 e. The molecule has 0 amide bonds. The number of alkyl halides is 3. The van der Waals surface area contributed by atoms with Crippen LogP contribution in [0.3, 0.4) is 0 Å². The van der Waals surface area contributed by atoms with E-state index in [0.29, 0.717) is 5.69 Å². The number of rotatable bonds is 3. The second-order valence-corrected chi connectivity index (χ2v) is 3.47. The average molecular weight is 249 g/mol. The second kappa shape index (κ2) is 4.56. The highest BCUT2D eigenvalue weighted by molar-refractivity contribution is 5.85. The standard InChI is InChI=1S/C9H10F3N3O2/c1-5-3-6(7(16)17)14-8(13-5)15(2)4-9(10,11)12/h3H,4H2,1-2H3,(H,16,17). The number of aromatic carboxylic acids is 1. The van der Waals surface area contributed by atoms with Crippen LogP contribution in [0.1, 0.15) is 16.2 Å². The molecule has 1 rings (SSSR count). The first-order valence-electron chi connectivity index (χ1n) is 4.56. The lowest BCUT2D eigenvalue weighted by molar-refractivity contribution is -0.119. The van der Waals surface area contributed by atoms with Crippen molar-refractivity contribution in [1.82, 2.24) is 9.97 Å². The van der Waals surface area contributed by atoms with E-state index >= 15 is 0 Å². The molecule has 0 atom stereocenters. The predicted molar refractivity (Wildman–Crippen MR) is 53.1 cm³/mol. The molecule has 1 N–H and O–H groups in total. The zero-order valence-corrected chi connectivity index (χ0v) is 9.12. The van der Waals surface area contributed by atoms with Gasteiger partial charge in [0, 0.05) is 12.7 Å². The molecule has 0 aliphatic carbocycles. The first kappa shape index (κ1) is 13.2. The molecule has 0 aliphatic rings. The molecule has 0 bridgehead atoms. The Bertz CT molecular complexity index is 434. The molecule has 5 nitrogen and oxygen atoms in total. The van der Waals surface area contributed by atoms with Crippen LogP contribution in [0.5, 0.6) is 0 Å². The van der Waals surface area contributed by atoms with Gasteiger partial charge in [0.25, 0.3) is 0 Å². The summed E-state index contributed by atoms with van der Waals surface area (Å²) in [6.07, 6.45) is -4.40. The number of aromatic nitrogens is 2. The lowest BCUT2D eigenvalue weighted by Gasteiger charge is -2.19. The van der Waals surface area contributed by atoms with E-state index in [1.165, 1.54) is 13.0 Å². The molecule has 0 unspecified atom stereocenters. The number of nitrogens with zero attached hydrogens (tertiary/aromatic N) is 3. The van der Waals surface area contributed by atoms with Gasteiger partial charge in [-0.25, -0.2) is 14.8 Å². The van der Waals surface area contributed by atoms with Crippen molar-refractivity contribution in [3.05, 3.63) is 17.5 Å². The lowest BCUT2D eigenvalue weighted by Crippen LogP contribution is -2.32. The SMILES string of the molecule is Cc1cc(C(=O)O)nc(N(C)CC(F)(F)F)n1. The van der Waals surface area contributed by atoms with Gasteiger partial charge in [-0.05, 0) is 13.0 Å². The fraction of sp³-hybridized carbons (Fsp3) is 0.444. The molecule has 0 saturated carbocycles. The van der Waals surface area contributed by atoms with Crippen molar-refractivity contribution in [2.75, 3.05) is 18.5 Å². The number of hydrogen-bond acceptors (Lipinski definition) is 4. The third-order valence-electron chi connectivity index (χ3n) is 1.82. The van der Waals surface area contributed by atoms with Crippen molar-refractivity contribution in [1.29, 1.82) is 0 Å². The normalized spacial score (nSPS) is 11.4. The van der Waals surface area contributed by atoms with E-state index in [2.05, 4.69) is 9.97 Å². The second-order valence-electron chi connectivity index (χ2n) is 3.47. The Morgan fingerprint density at radius 2 is 2.06 bits per heavy atom. The smallest absolute Gasteiger partial charge is 0.406 e. The number of halogens is 3. The van der Waals surface area contributed by atoms with Gasteiger partial charge in [-0.2, -0.15) is 13.2 Å². The summed E-state index contributed by atoms with van der Waals surface area (Å²) in [6.45, 7) is 0.245. The van der Waals surface area contributed by atoms with E-state index in [1.54, 1.807) is 0 Å². The van der Waals surface area contributed by atoms with Crippen molar-refractivity contribution in [2.24, 2.45) is 0 Å². The topological polar surface area (TPSA) is 66.3 Å². The summed E-state index contributed by atoms with van der Waals surface area (Å²) in [5.41, 5.74) is -0.0389. The Morgan fingerprint density at radius 3 is 2.53 bits per heavy atom. The van der Waals surface area contributed by atoms with E-state index in [9.17, 15) is 18.0 Å². The first-order valence-corrected chi connectivity index (χ1v) is 4.56. The summed E-state index contributed by atoms with van der Waals surface area (Å²) in [5, 5.41) is 8.72. The molecule has 8 heteroatoms. The van der Waals surface area contributed by atoms with E-state index < -0.39 is 18.7 Å². The Balaban J connectivity index is 3.01. The van der Waals surface area contributed by atoms with E-state index in [-0.39, 0.29) is 11.6 Å². The van der Waals surface area contributed by atoms with Gasteiger partial charge >= 0.3 is 12.1 Å². The molecule has 0 aromatic carbocycles. The molecule has 0 radical (unpaired) electrons. The highest BCUT2D eigenvalue weighted by Gasteiger charge is 2.30. The molecule has 1 aromatic heterocycles. The van der Waals surface area contributed by atoms with Gasteiger partial charge in [-0.1, -0.05) is 0 Å². The van der Waals surface area contributed by atoms with Crippen LogP contribution in [-0.2, 0) is 0 Å². The van der Waals surface area contributed by atoms with Crippen LogP contribution < -0.4 is 4.90 Å². The van der Waals surface area contributed by atoms with Crippen LogP contribution in [0.4, 0.5) is 19.1 Å². The van der Waals surface area contributed by atoms with Crippen LogP contribution >= 0.6 is 0 Å². The van der Waals surface area contributed by atoms with Crippen LogP contribution in [0, 0.1) is 6.92 Å². The fourth-order valence-electron chi connectivity index (χ4n) is 1.17. The number of carbonyl (C=O) groups is 1. The number of carboxylic acid groups (broad SMARTS) is 1. The minimum absolute atomic E-state index is 0.264. The zero-order chi connectivity index (χ0) is 13.2. The minimum Gasteiger partial charge on any atom is -0.477 e. The monoisotopic (exact) mass is 249 g/mol.